The quantitative estimate of drug-likeness (QED) is 0.881. The molecular formula is C18H23N3O3. The number of hydrogen-bond acceptors (Lipinski definition) is 4. The van der Waals surface area contributed by atoms with E-state index >= 15 is 0 Å². The van der Waals surface area contributed by atoms with Crippen LogP contribution in [0.5, 0.6) is 0 Å². The number of carbonyl (C=O) groups is 2. The molecule has 6 heteroatoms. The van der Waals surface area contributed by atoms with Crippen LogP contribution in [0.2, 0.25) is 0 Å². The summed E-state index contributed by atoms with van der Waals surface area (Å²) >= 11 is 0. The van der Waals surface area contributed by atoms with Crippen LogP contribution in [0, 0.1) is 5.92 Å². The predicted molar refractivity (Wildman–Crippen MR) is 87.2 cm³/mol. The Balaban J connectivity index is 1.40. The molecule has 1 aromatic heterocycles. The van der Waals surface area contributed by atoms with E-state index in [0.29, 0.717) is 13.2 Å². The number of rotatable bonds is 2. The summed E-state index contributed by atoms with van der Waals surface area (Å²) in [6, 6.07) is 3.84. The highest BCUT2D eigenvalue weighted by Crippen LogP contribution is 2.39. The van der Waals surface area contributed by atoms with E-state index in [0.717, 1.165) is 44.3 Å². The third-order valence-electron chi connectivity index (χ3n) is 5.72. The lowest BCUT2D eigenvalue weighted by Crippen LogP contribution is -2.53. The van der Waals surface area contributed by atoms with Gasteiger partial charge in [-0.2, -0.15) is 0 Å². The van der Waals surface area contributed by atoms with Crippen molar-refractivity contribution in [1.29, 1.82) is 0 Å². The van der Waals surface area contributed by atoms with Crippen molar-refractivity contribution >= 4 is 11.8 Å². The summed E-state index contributed by atoms with van der Waals surface area (Å²) < 4.78 is 5.33. The molecule has 3 aliphatic heterocycles. The van der Waals surface area contributed by atoms with Gasteiger partial charge in [-0.05, 0) is 43.4 Å². The zero-order valence-corrected chi connectivity index (χ0v) is 13.7. The van der Waals surface area contributed by atoms with Crippen LogP contribution >= 0.6 is 0 Å². The molecule has 1 aromatic rings. The smallest absolute Gasteiger partial charge is 0.228 e. The number of carbonyl (C=O) groups excluding carboxylic acids is 2. The second-order valence-corrected chi connectivity index (χ2v) is 7.19. The van der Waals surface area contributed by atoms with E-state index in [1.165, 1.54) is 0 Å². The number of aromatic nitrogens is 1. The van der Waals surface area contributed by atoms with E-state index in [1.54, 1.807) is 12.4 Å². The van der Waals surface area contributed by atoms with E-state index in [1.807, 2.05) is 17.0 Å². The highest BCUT2D eigenvalue weighted by molar-refractivity contribution is 5.87. The van der Waals surface area contributed by atoms with Crippen LogP contribution in [0.4, 0.5) is 0 Å². The average molecular weight is 329 g/mol. The molecule has 24 heavy (non-hydrogen) atoms. The summed E-state index contributed by atoms with van der Waals surface area (Å²) in [5.74, 6) is 0.253. The molecule has 3 fully saturated rings. The summed E-state index contributed by atoms with van der Waals surface area (Å²) in [4.78, 5) is 30.9. The van der Waals surface area contributed by atoms with Crippen LogP contribution in [0.25, 0.3) is 0 Å². The van der Waals surface area contributed by atoms with Gasteiger partial charge in [-0.1, -0.05) is 0 Å². The van der Waals surface area contributed by atoms with E-state index in [2.05, 4.69) is 10.3 Å². The SMILES string of the molecule is O=C1NC2(CCN(C(=O)[C@@H]3CCOC3)CC2)C[C@@H]1c1ccncc1. The van der Waals surface area contributed by atoms with Crippen molar-refractivity contribution in [2.45, 2.75) is 37.1 Å². The predicted octanol–water partition coefficient (Wildman–Crippen LogP) is 1.08. The van der Waals surface area contributed by atoms with Crippen LogP contribution in [-0.4, -0.2) is 53.5 Å². The Morgan fingerprint density at radius 1 is 1.29 bits per heavy atom. The normalized spacial score (nSPS) is 29.0. The van der Waals surface area contributed by atoms with Gasteiger partial charge in [-0.15, -0.1) is 0 Å². The van der Waals surface area contributed by atoms with Gasteiger partial charge in [0.25, 0.3) is 0 Å². The molecule has 0 radical (unpaired) electrons. The lowest BCUT2D eigenvalue weighted by molar-refractivity contribution is -0.137. The van der Waals surface area contributed by atoms with Crippen LogP contribution in [-0.2, 0) is 14.3 Å². The molecule has 2 amide bonds. The maximum atomic E-state index is 12.5. The van der Waals surface area contributed by atoms with Gasteiger partial charge in [0.1, 0.15) is 0 Å². The van der Waals surface area contributed by atoms with Gasteiger partial charge < -0.3 is 15.0 Å². The zero-order chi connectivity index (χ0) is 16.6. The highest BCUT2D eigenvalue weighted by atomic mass is 16.5. The molecule has 4 heterocycles. The second kappa shape index (κ2) is 6.16. The maximum Gasteiger partial charge on any atom is 0.228 e. The number of nitrogens with zero attached hydrogens (tertiary/aromatic N) is 2. The van der Waals surface area contributed by atoms with Crippen molar-refractivity contribution in [2.75, 3.05) is 26.3 Å². The minimum atomic E-state index is -0.159. The number of ether oxygens (including phenoxy) is 1. The fraction of sp³-hybridized carbons (Fsp3) is 0.611. The molecule has 3 aliphatic rings. The third-order valence-corrected chi connectivity index (χ3v) is 5.72. The van der Waals surface area contributed by atoms with Crippen LogP contribution in [0.15, 0.2) is 24.5 Å². The lowest BCUT2D eigenvalue weighted by Gasteiger charge is -2.40. The molecule has 128 valence electrons. The molecule has 1 spiro atoms. The second-order valence-electron chi connectivity index (χ2n) is 7.19. The van der Waals surface area contributed by atoms with E-state index in [4.69, 9.17) is 4.74 Å². The summed E-state index contributed by atoms with van der Waals surface area (Å²) in [6.07, 6.45) is 6.78. The van der Waals surface area contributed by atoms with Gasteiger partial charge in [0.15, 0.2) is 0 Å². The molecule has 0 unspecified atom stereocenters. The van der Waals surface area contributed by atoms with Crippen molar-refractivity contribution in [3.63, 3.8) is 0 Å². The molecule has 6 nitrogen and oxygen atoms in total. The Morgan fingerprint density at radius 3 is 2.71 bits per heavy atom. The topological polar surface area (TPSA) is 71.5 Å². The highest BCUT2D eigenvalue weighted by Gasteiger charge is 2.47. The molecule has 3 saturated heterocycles. The number of pyridine rings is 1. The average Bonchev–Trinajstić information content (AvgIpc) is 3.25. The molecule has 0 aromatic carbocycles. The van der Waals surface area contributed by atoms with Crippen LogP contribution in [0.1, 0.15) is 37.2 Å². The Labute approximate surface area is 141 Å². The molecule has 1 N–H and O–H groups in total. The fourth-order valence-corrected chi connectivity index (χ4v) is 4.22. The first-order valence-corrected chi connectivity index (χ1v) is 8.75. The molecule has 4 rings (SSSR count). The van der Waals surface area contributed by atoms with Crippen molar-refractivity contribution in [1.82, 2.24) is 15.2 Å². The first-order valence-electron chi connectivity index (χ1n) is 8.75. The summed E-state index contributed by atoms with van der Waals surface area (Å²) in [5.41, 5.74) is 0.870. The minimum absolute atomic E-state index is 0.0294. The monoisotopic (exact) mass is 329 g/mol. The van der Waals surface area contributed by atoms with Crippen molar-refractivity contribution in [3.8, 4) is 0 Å². The van der Waals surface area contributed by atoms with Gasteiger partial charge in [-0.3, -0.25) is 14.6 Å². The largest absolute Gasteiger partial charge is 0.381 e. The van der Waals surface area contributed by atoms with Crippen molar-refractivity contribution < 1.29 is 14.3 Å². The van der Waals surface area contributed by atoms with Crippen molar-refractivity contribution in [3.05, 3.63) is 30.1 Å². The van der Waals surface area contributed by atoms with Crippen molar-refractivity contribution in [2.24, 2.45) is 5.92 Å². The summed E-state index contributed by atoms with van der Waals surface area (Å²) in [7, 11) is 0. The molecule has 0 saturated carbocycles. The maximum absolute atomic E-state index is 12.5. The number of piperidine rings is 1. The van der Waals surface area contributed by atoms with Gasteiger partial charge in [0.05, 0.1) is 18.4 Å². The standard InChI is InChI=1S/C18H23N3O3/c22-16-15(13-1-6-19-7-2-13)11-18(20-16)4-8-21(9-5-18)17(23)14-3-10-24-12-14/h1-2,6-7,14-15H,3-5,8-12H2,(H,20,22)/t14-,15-/m1/s1. The fourth-order valence-electron chi connectivity index (χ4n) is 4.22. The van der Waals surface area contributed by atoms with E-state index < -0.39 is 0 Å². The Kier molecular flexibility index (Phi) is 4.00. The van der Waals surface area contributed by atoms with Crippen LogP contribution in [0.3, 0.4) is 0 Å². The third kappa shape index (κ3) is 2.79. The van der Waals surface area contributed by atoms with Gasteiger partial charge in [-0.25, -0.2) is 0 Å². The number of amides is 2. The first-order chi connectivity index (χ1) is 11.7. The van der Waals surface area contributed by atoms with E-state index in [9.17, 15) is 9.59 Å². The Morgan fingerprint density at radius 2 is 2.04 bits per heavy atom. The zero-order valence-electron chi connectivity index (χ0n) is 13.7. The van der Waals surface area contributed by atoms with Gasteiger partial charge >= 0.3 is 0 Å². The summed E-state index contributed by atoms with van der Waals surface area (Å²) in [6.45, 7) is 2.69. The summed E-state index contributed by atoms with van der Waals surface area (Å²) in [5, 5.41) is 3.22. The molecule has 0 bridgehead atoms. The minimum Gasteiger partial charge on any atom is -0.381 e. The first kappa shape index (κ1) is 15.6. The molecule has 2 atom stereocenters. The number of nitrogens with one attached hydrogen (secondary N) is 1. The molecule has 0 aliphatic carbocycles. The number of likely N-dealkylation sites (tertiary alicyclic amines) is 1. The lowest BCUT2D eigenvalue weighted by atomic mass is 9.82. The van der Waals surface area contributed by atoms with Gasteiger partial charge in [0, 0.05) is 37.6 Å². The Hall–Kier alpha value is -1.95. The number of hydrogen-bond donors (Lipinski definition) is 1. The van der Waals surface area contributed by atoms with Gasteiger partial charge in [0.2, 0.25) is 11.8 Å². The Bertz CT molecular complexity index is 620. The molecular weight excluding hydrogens is 306 g/mol. The van der Waals surface area contributed by atoms with E-state index in [-0.39, 0.29) is 29.2 Å². The van der Waals surface area contributed by atoms with Crippen LogP contribution < -0.4 is 5.32 Å².